The zero-order valence-corrected chi connectivity index (χ0v) is 11.4. The third-order valence-corrected chi connectivity index (χ3v) is 3.68. The van der Waals surface area contributed by atoms with Crippen LogP contribution in [0.5, 0.6) is 0 Å². The molecule has 1 aliphatic heterocycles. The van der Waals surface area contributed by atoms with E-state index in [0.717, 1.165) is 18.8 Å². The number of carbonyl (C=O) groups excluding carboxylic acids is 1. The van der Waals surface area contributed by atoms with Crippen LogP contribution >= 0.6 is 11.6 Å². The molecule has 98 valence electrons. The van der Waals surface area contributed by atoms with Crippen LogP contribution in [-0.2, 0) is 4.79 Å². The van der Waals surface area contributed by atoms with Crippen LogP contribution in [0.2, 0.25) is 5.02 Å². The van der Waals surface area contributed by atoms with E-state index in [2.05, 4.69) is 10.2 Å². The van der Waals surface area contributed by atoms with Gasteiger partial charge in [0.25, 0.3) is 0 Å². The smallest absolute Gasteiger partial charge is 0.241 e. The van der Waals surface area contributed by atoms with Gasteiger partial charge >= 0.3 is 0 Å². The van der Waals surface area contributed by atoms with Crippen LogP contribution in [0.15, 0.2) is 24.3 Å². The lowest BCUT2D eigenvalue weighted by atomic mass is 10.1. The number of piperidine rings is 1. The molecule has 1 aromatic rings. The summed E-state index contributed by atoms with van der Waals surface area (Å²) in [7, 11) is 0. The first-order chi connectivity index (χ1) is 8.66. The van der Waals surface area contributed by atoms with Gasteiger partial charge in [-0.05, 0) is 57.1 Å². The zero-order chi connectivity index (χ0) is 13.0. The SMILES string of the molecule is C[C@H](C(=O)Nc1ccc(Cl)cc1)N1CCCCC1. The van der Waals surface area contributed by atoms with Crippen molar-refractivity contribution in [1.29, 1.82) is 0 Å². The van der Waals surface area contributed by atoms with Gasteiger partial charge in [-0.15, -0.1) is 0 Å². The summed E-state index contributed by atoms with van der Waals surface area (Å²) in [4.78, 5) is 14.4. The molecule has 0 saturated carbocycles. The molecule has 1 aliphatic rings. The second-order valence-electron chi connectivity index (χ2n) is 4.77. The summed E-state index contributed by atoms with van der Waals surface area (Å²) in [5.41, 5.74) is 0.799. The number of halogens is 1. The Morgan fingerprint density at radius 3 is 2.44 bits per heavy atom. The van der Waals surface area contributed by atoms with Crippen molar-refractivity contribution in [2.45, 2.75) is 32.2 Å². The van der Waals surface area contributed by atoms with E-state index in [1.54, 1.807) is 12.1 Å². The van der Waals surface area contributed by atoms with Crippen LogP contribution in [0.3, 0.4) is 0 Å². The highest BCUT2D eigenvalue weighted by molar-refractivity contribution is 6.30. The minimum atomic E-state index is -0.0685. The number of nitrogens with one attached hydrogen (secondary N) is 1. The number of rotatable bonds is 3. The lowest BCUT2D eigenvalue weighted by molar-refractivity contribution is -0.121. The van der Waals surface area contributed by atoms with Gasteiger partial charge in [0.2, 0.25) is 5.91 Å². The van der Waals surface area contributed by atoms with Crippen LogP contribution in [-0.4, -0.2) is 29.9 Å². The van der Waals surface area contributed by atoms with Crippen molar-refractivity contribution >= 4 is 23.2 Å². The predicted octanol–water partition coefficient (Wildman–Crippen LogP) is 3.15. The van der Waals surface area contributed by atoms with Crippen molar-refractivity contribution in [3.63, 3.8) is 0 Å². The first-order valence-electron chi connectivity index (χ1n) is 6.47. The van der Waals surface area contributed by atoms with Gasteiger partial charge in [-0.3, -0.25) is 9.69 Å². The van der Waals surface area contributed by atoms with Crippen molar-refractivity contribution in [1.82, 2.24) is 4.90 Å². The normalized spacial score (nSPS) is 18.3. The molecule has 3 nitrogen and oxygen atoms in total. The molecule has 0 unspecified atom stereocenters. The van der Waals surface area contributed by atoms with Gasteiger partial charge in [-0.2, -0.15) is 0 Å². The molecule has 1 fully saturated rings. The number of nitrogens with zero attached hydrogens (tertiary/aromatic N) is 1. The van der Waals surface area contributed by atoms with E-state index >= 15 is 0 Å². The number of amides is 1. The maximum atomic E-state index is 12.1. The quantitative estimate of drug-likeness (QED) is 0.912. The highest BCUT2D eigenvalue weighted by atomic mass is 35.5. The Hall–Kier alpha value is -1.06. The van der Waals surface area contributed by atoms with E-state index < -0.39 is 0 Å². The van der Waals surface area contributed by atoms with Crippen LogP contribution in [0.25, 0.3) is 0 Å². The number of likely N-dealkylation sites (tertiary alicyclic amines) is 1. The minimum absolute atomic E-state index is 0.0548. The van der Waals surface area contributed by atoms with Gasteiger partial charge in [0.05, 0.1) is 6.04 Å². The van der Waals surface area contributed by atoms with Crippen molar-refractivity contribution in [2.24, 2.45) is 0 Å². The van der Waals surface area contributed by atoms with Gasteiger partial charge in [-0.25, -0.2) is 0 Å². The first-order valence-corrected chi connectivity index (χ1v) is 6.85. The minimum Gasteiger partial charge on any atom is -0.325 e. The van der Waals surface area contributed by atoms with Crippen molar-refractivity contribution < 1.29 is 4.79 Å². The summed E-state index contributed by atoms with van der Waals surface area (Å²) in [6, 6.07) is 7.14. The Kier molecular flexibility index (Phi) is 4.61. The highest BCUT2D eigenvalue weighted by Gasteiger charge is 2.22. The summed E-state index contributed by atoms with van der Waals surface area (Å²) in [5.74, 6) is 0.0548. The molecule has 0 bridgehead atoms. The number of hydrogen-bond donors (Lipinski definition) is 1. The summed E-state index contributed by atoms with van der Waals surface area (Å²) >= 11 is 5.81. The lowest BCUT2D eigenvalue weighted by Crippen LogP contribution is -2.44. The first kappa shape index (κ1) is 13.4. The van der Waals surface area contributed by atoms with Crippen LogP contribution in [0.1, 0.15) is 26.2 Å². The molecule has 1 aromatic carbocycles. The molecular weight excluding hydrogens is 248 g/mol. The van der Waals surface area contributed by atoms with Crippen LogP contribution < -0.4 is 5.32 Å². The number of hydrogen-bond acceptors (Lipinski definition) is 2. The largest absolute Gasteiger partial charge is 0.325 e. The summed E-state index contributed by atoms with van der Waals surface area (Å²) in [5, 5.41) is 3.60. The molecule has 4 heteroatoms. The summed E-state index contributed by atoms with van der Waals surface area (Å²) < 4.78 is 0. The number of benzene rings is 1. The van der Waals surface area contributed by atoms with Crippen molar-refractivity contribution in [3.05, 3.63) is 29.3 Å². The van der Waals surface area contributed by atoms with Gasteiger partial charge in [-0.1, -0.05) is 18.0 Å². The number of carbonyl (C=O) groups is 1. The fourth-order valence-electron chi connectivity index (χ4n) is 2.25. The topological polar surface area (TPSA) is 32.3 Å². The van der Waals surface area contributed by atoms with Gasteiger partial charge < -0.3 is 5.32 Å². The van der Waals surface area contributed by atoms with E-state index in [-0.39, 0.29) is 11.9 Å². The molecule has 0 radical (unpaired) electrons. The van der Waals surface area contributed by atoms with Gasteiger partial charge in [0.15, 0.2) is 0 Å². The molecular formula is C14H19ClN2O. The highest BCUT2D eigenvalue weighted by Crippen LogP contribution is 2.16. The Morgan fingerprint density at radius 2 is 1.83 bits per heavy atom. The van der Waals surface area contributed by atoms with Crippen molar-refractivity contribution in [3.8, 4) is 0 Å². The third kappa shape index (κ3) is 3.47. The second kappa shape index (κ2) is 6.21. The molecule has 18 heavy (non-hydrogen) atoms. The molecule has 0 aromatic heterocycles. The predicted molar refractivity (Wildman–Crippen MR) is 75.0 cm³/mol. The lowest BCUT2D eigenvalue weighted by Gasteiger charge is -2.31. The third-order valence-electron chi connectivity index (χ3n) is 3.43. The molecule has 2 rings (SSSR count). The molecule has 1 amide bonds. The Balaban J connectivity index is 1.92. The zero-order valence-electron chi connectivity index (χ0n) is 10.7. The Bertz CT molecular complexity index is 399. The number of anilines is 1. The van der Waals surface area contributed by atoms with E-state index in [0.29, 0.717) is 5.02 Å². The Labute approximate surface area is 113 Å². The average molecular weight is 267 g/mol. The van der Waals surface area contributed by atoms with E-state index in [4.69, 9.17) is 11.6 Å². The monoisotopic (exact) mass is 266 g/mol. The van der Waals surface area contributed by atoms with Crippen LogP contribution in [0.4, 0.5) is 5.69 Å². The van der Waals surface area contributed by atoms with Crippen LogP contribution in [0, 0.1) is 0 Å². The van der Waals surface area contributed by atoms with Gasteiger partial charge in [0.1, 0.15) is 0 Å². The molecule has 1 heterocycles. The molecule has 1 N–H and O–H groups in total. The van der Waals surface area contributed by atoms with E-state index in [1.165, 1.54) is 19.3 Å². The maximum Gasteiger partial charge on any atom is 0.241 e. The fraction of sp³-hybridized carbons (Fsp3) is 0.500. The Morgan fingerprint density at radius 1 is 1.22 bits per heavy atom. The molecule has 0 spiro atoms. The van der Waals surface area contributed by atoms with Gasteiger partial charge in [0, 0.05) is 10.7 Å². The maximum absolute atomic E-state index is 12.1. The van der Waals surface area contributed by atoms with Crippen molar-refractivity contribution in [2.75, 3.05) is 18.4 Å². The standard InChI is InChI=1S/C14H19ClN2O/c1-11(17-9-3-2-4-10-17)14(18)16-13-7-5-12(15)6-8-13/h5-8,11H,2-4,9-10H2,1H3,(H,16,18)/t11-/m1/s1. The summed E-state index contributed by atoms with van der Waals surface area (Å²) in [6.45, 7) is 4.01. The average Bonchev–Trinajstić information content (AvgIpc) is 2.41. The fourth-order valence-corrected chi connectivity index (χ4v) is 2.38. The van der Waals surface area contributed by atoms with E-state index in [9.17, 15) is 4.79 Å². The summed E-state index contributed by atoms with van der Waals surface area (Å²) in [6.07, 6.45) is 3.67. The molecule has 0 aliphatic carbocycles. The molecule has 1 atom stereocenters. The second-order valence-corrected chi connectivity index (χ2v) is 5.21. The molecule has 1 saturated heterocycles. The van der Waals surface area contributed by atoms with E-state index in [1.807, 2.05) is 19.1 Å².